The normalized spacial score (nSPS) is 23.7. The van der Waals surface area contributed by atoms with Gasteiger partial charge in [-0.1, -0.05) is 6.42 Å². The number of rotatable bonds is 5. The number of hydrogen-bond donors (Lipinski definition) is 2. The number of anilines is 1. The molecule has 0 saturated heterocycles. The summed E-state index contributed by atoms with van der Waals surface area (Å²) in [6.07, 6.45) is 5.78. The van der Waals surface area contributed by atoms with E-state index in [1.165, 1.54) is 6.42 Å². The quantitative estimate of drug-likeness (QED) is 0.842. The van der Waals surface area contributed by atoms with Crippen LogP contribution in [0.1, 0.15) is 32.6 Å². The predicted octanol–water partition coefficient (Wildman–Crippen LogP) is 2.44. The summed E-state index contributed by atoms with van der Waals surface area (Å²) in [5.41, 5.74) is 0. The molecule has 0 aromatic carbocycles. The standard InChI is InChI=1S/C14H22N2O2/c1-2-18-13-7-4-8-15-14(13)16-10-11-5-3-6-12(17)9-11/h4,7-8,11-12,17H,2-3,5-6,9-10H2,1H3,(H,15,16). The zero-order chi connectivity index (χ0) is 12.8. The van der Waals surface area contributed by atoms with Crippen LogP contribution in [0.3, 0.4) is 0 Å². The van der Waals surface area contributed by atoms with E-state index < -0.39 is 0 Å². The predicted molar refractivity (Wildman–Crippen MR) is 71.9 cm³/mol. The summed E-state index contributed by atoms with van der Waals surface area (Å²) in [6, 6.07) is 3.80. The molecule has 18 heavy (non-hydrogen) atoms. The van der Waals surface area contributed by atoms with Crippen molar-refractivity contribution in [3.8, 4) is 5.75 Å². The van der Waals surface area contributed by atoms with Gasteiger partial charge < -0.3 is 15.2 Å². The van der Waals surface area contributed by atoms with Crippen molar-refractivity contribution in [3.63, 3.8) is 0 Å². The Labute approximate surface area is 108 Å². The molecule has 1 aromatic rings. The third kappa shape index (κ3) is 3.60. The number of aromatic nitrogens is 1. The van der Waals surface area contributed by atoms with Crippen molar-refractivity contribution in [2.75, 3.05) is 18.5 Å². The topological polar surface area (TPSA) is 54.4 Å². The molecule has 2 unspecified atom stereocenters. The van der Waals surface area contributed by atoms with E-state index in [0.29, 0.717) is 12.5 Å². The summed E-state index contributed by atoms with van der Waals surface area (Å²) in [6.45, 7) is 3.46. The number of aliphatic hydroxyl groups is 1. The van der Waals surface area contributed by atoms with E-state index in [1.807, 2.05) is 19.1 Å². The highest BCUT2D eigenvalue weighted by molar-refractivity contribution is 5.49. The molecular weight excluding hydrogens is 228 g/mol. The van der Waals surface area contributed by atoms with Crippen LogP contribution in [-0.4, -0.2) is 29.3 Å². The molecule has 1 heterocycles. The Bertz CT molecular complexity index is 371. The number of pyridine rings is 1. The van der Waals surface area contributed by atoms with Gasteiger partial charge in [0, 0.05) is 12.7 Å². The Hall–Kier alpha value is -1.29. The molecule has 0 amide bonds. The minimum absolute atomic E-state index is 0.124. The molecule has 1 aliphatic carbocycles. The molecule has 0 aliphatic heterocycles. The lowest BCUT2D eigenvalue weighted by molar-refractivity contribution is 0.104. The molecule has 4 nitrogen and oxygen atoms in total. The van der Waals surface area contributed by atoms with Gasteiger partial charge in [0.1, 0.15) is 0 Å². The first-order chi connectivity index (χ1) is 8.79. The third-order valence-corrected chi connectivity index (χ3v) is 3.38. The number of ether oxygens (including phenoxy) is 1. The molecule has 1 saturated carbocycles. The van der Waals surface area contributed by atoms with Crippen LogP contribution in [0.2, 0.25) is 0 Å². The van der Waals surface area contributed by atoms with Crippen LogP contribution < -0.4 is 10.1 Å². The summed E-state index contributed by atoms with van der Waals surface area (Å²) in [5, 5.41) is 13.0. The van der Waals surface area contributed by atoms with Crippen molar-refractivity contribution in [2.45, 2.75) is 38.7 Å². The summed E-state index contributed by atoms with van der Waals surface area (Å²) < 4.78 is 5.52. The molecule has 2 N–H and O–H groups in total. The molecule has 2 atom stereocenters. The fourth-order valence-corrected chi connectivity index (χ4v) is 2.48. The molecule has 1 aliphatic rings. The molecular formula is C14H22N2O2. The minimum Gasteiger partial charge on any atom is -0.490 e. The zero-order valence-electron chi connectivity index (χ0n) is 10.9. The van der Waals surface area contributed by atoms with Gasteiger partial charge in [-0.15, -0.1) is 0 Å². The Morgan fingerprint density at radius 1 is 1.50 bits per heavy atom. The molecule has 0 bridgehead atoms. The first-order valence-corrected chi connectivity index (χ1v) is 6.79. The van der Waals surface area contributed by atoms with Gasteiger partial charge in [-0.25, -0.2) is 4.98 Å². The second kappa shape index (κ2) is 6.59. The van der Waals surface area contributed by atoms with Gasteiger partial charge in [-0.3, -0.25) is 0 Å². The Morgan fingerprint density at radius 2 is 2.39 bits per heavy atom. The van der Waals surface area contributed by atoms with Crippen LogP contribution in [0.4, 0.5) is 5.82 Å². The minimum atomic E-state index is -0.124. The highest BCUT2D eigenvalue weighted by atomic mass is 16.5. The maximum atomic E-state index is 9.65. The van der Waals surface area contributed by atoms with E-state index in [0.717, 1.165) is 37.4 Å². The maximum absolute atomic E-state index is 9.65. The fraction of sp³-hybridized carbons (Fsp3) is 0.643. The van der Waals surface area contributed by atoms with Gasteiger partial charge in [0.05, 0.1) is 12.7 Å². The first kappa shape index (κ1) is 13.1. The number of hydrogen-bond acceptors (Lipinski definition) is 4. The summed E-state index contributed by atoms with van der Waals surface area (Å²) in [5.74, 6) is 2.14. The van der Waals surface area contributed by atoms with Gasteiger partial charge >= 0.3 is 0 Å². The third-order valence-electron chi connectivity index (χ3n) is 3.38. The highest BCUT2D eigenvalue weighted by Crippen LogP contribution is 2.26. The van der Waals surface area contributed by atoms with Gasteiger partial charge in [0.2, 0.25) is 0 Å². The van der Waals surface area contributed by atoms with Crippen LogP contribution in [0, 0.1) is 5.92 Å². The van der Waals surface area contributed by atoms with E-state index in [2.05, 4.69) is 10.3 Å². The largest absolute Gasteiger partial charge is 0.490 e. The molecule has 1 aromatic heterocycles. The zero-order valence-corrected chi connectivity index (χ0v) is 10.9. The van der Waals surface area contributed by atoms with Gasteiger partial charge in [-0.05, 0) is 44.2 Å². The van der Waals surface area contributed by atoms with E-state index >= 15 is 0 Å². The number of nitrogens with one attached hydrogen (secondary N) is 1. The van der Waals surface area contributed by atoms with E-state index in [4.69, 9.17) is 4.74 Å². The van der Waals surface area contributed by atoms with Crippen LogP contribution in [0.25, 0.3) is 0 Å². The lowest BCUT2D eigenvalue weighted by Gasteiger charge is -2.26. The SMILES string of the molecule is CCOc1cccnc1NCC1CCCC(O)C1. The van der Waals surface area contributed by atoms with Crippen molar-refractivity contribution in [2.24, 2.45) is 5.92 Å². The average Bonchev–Trinajstić information content (AvgIpc) is 2.38. The lowest BCUT2D eigenvalue weighted by atomic mass is 9.87. The van der Waals surface area contributed by atoms with Gasteiger partial charge in [-0.2, -0.15) is 0 Å². The van der Waals surface area contributed by atoms with Crippen molar-refractivity contribution in [3.05, 3.63) is 18.3 Å². The lowest BCUT2D eigenvalue weighted by Crippen LogP contribution is -2.25. The van der Waals surface area contributed by atoms with Crippen LogP contribution >= 0.6 is 0 Å². The molecule has 1 fully saturated rings. The maximum Gasteiger partial charge on any atom is 0.168 e. The first-order valence-electron chi connectivity index (χ1n) is 6.79. The summed E-state index contributed by atoms with van der Waals surface area (Å²) >= 11 is 0. The van der Waals surface area contributed by atoms with E-state index in [1.54, 1.807) is 6.20 Å². The molecule has 2 rings (SSSR count). The Morgan fingerprint density at radius 3 is 3.17 bits per heavy atom. The Balaban J connectivity index is 1.89. The van der Waals surface area contributed by atoms with Gasteiger partial charge in [0.25, 0.3) is 0 Å². The molecule has 0 spiro atoms. The average molecular weight is 250 g/mol. The summed E-state index contributed by atoms with van der Waals surface area (Å²) in [7, 11) is 0. The smallest absolute Gasteiger partial charge is 0.168 e. The van der Waals surface area contributed by atoms with Crippen molar-refractivity contribution >= 4 is 5.82 Å². The second-order valence-electron chi connectivity index (χ2n) is 4.85. The van der Waals surface area contributed by atoms with Crippen molar-refractivity contribution < 1.29 is 9.84 Å². The monoisotopic (exact) mass is 250 g/mol. The summed E-state index contributed by atoms with van der Waals surface area (Å²) in [4.78, 5) is 4.30. The molecule has 100 valence electrons. The molecule has 0 radical (unpaired) electrons. The van der Waals surface area contributed by atoms with Crippen LogP contribution in [-0.2, 0) is 0 Å². The highest BCUT2D eigenvalue weighted by Gasteiger charge is 2.20. The number of aliphatic hydroxyl groups excluding tert-OH is 1. The second-order valence-corrected chi connectivity index (χ2v) is 4.85. The van der Waals surface area contributed by atoms with E-state index in [9.17, 15) is 5.11 Å². The number of nitrogens with zero attached hydrogens (tertiary/aromatic N) is 1. The van der Waals surface area contributed by atoms with Crippen molar-refractivity contribution in [1.29, 1.82) is 0 Å². The van der Waals surface area contributed by atoms with Crippen LogP contribution in [0.15, 0.2) is 18.3 Å². The van der Waals surface area contributed by atoms with Crippen LogP contribution in [0.5, 0.6) is 5.75 Å². The van der Waals surface area contributed by atoms with Gasteiger partial charge in [0.15, 0.2) is 11.6 Å². The molecule has 4 heteroatoms. The Kier molecular flexibility index (Phi) is 4.81. The fourth-order valence-electron chi connectivity index (χ4n) is 2.48. The van der Waals surface area contributed by atoms with E-state index in [-0.39, 0.29) is 6.10 Å². The van der Waals surface area contributed by atoms with Crippen molar-refractivity contribution in [1.82, 2.24) is 4.98 Å².